The summed E-state index contributed by atoms with van der Waals surface area (Å²) in [6, 6.07) is 5.34. The highest BCUT2D eigenvalue weighted by molar-refractivity contribution is 9.10. The number of nitrogens with zero attached hydrogens (tertiary/aromatic N) is 1. The number of nitrogens with one attached hydrogen (secondary N) is 1. The first-order valence-electron chi connectivity index (χ1n) is 5.88. The molecule has 5 heteroatoms. The summed E-state index contributed by atoms with van der Waals surface area (Å²) >= 11 is 3.43. The highest BCUT2D eigenvalue weighted by Crippen LogP contribution is 2.26. The maximum absolute atomic E-state index is 11.6. The molecule has 1 N–H and O–H groups in total. The van der Waals surface area contributed by atoms with Gasteiger partial charge in [-0.15, -0.1) is 0 Å². The first-order chi connectivity index (χ1) is 8.62. The molecule has 0 fully saturated rings. The first-order valence-corrected chi connectivity index (χ1v) is 6.68. The normalized spacial score (nSPS) is 9.94. The molecule has 98 valence electrons. The van der Waals surface area contributed by atoms with Crippen molar-refractivity contribution in [1.29, 1.82) is 0 Å². The van der Waals surface area contributed by atoms with Crippen LogP contribution in [0.2, 0.25) is 0 Å². The van der Waals surface area contributed by atoms with Crippen LogP contribution >= 0.6 is 15.9 Å². The Labute approximate surface area is 115 Å². The molecule has 0 unspecified atom stereocenters. The fourth-order valence-electron chi connectivity index (χ4n) is 1.65. The number of halogens is 1. The Morgan fingerprint density at radius 1 is 1.44 bits per heavy atom. The molecule has 0 heterocycles. The molecule has 0 aliphatic rings. The van der Waals surface area contributed by atoms with Gasteiger partial charge in [0.2, 0.25) is 5.91 Å². The van der Waals surface area contributed by atoms with Gasteiger partial charge < -0.3 is 10.2 Å². The Morgan fingerprint density at radius 3 is 2.67 bits per heavy atom. The fourth-order valence-corrected chi connectivity index (χ4v) is 2.29. The number of carbonyl (C=O) groups excluding carboxylic acids is 2. The zero-order valence-corrected chi connectivity index (χ0v) is 12.2. The lowest BCUT2D eigenvalue weighted by molar-refractivity contribution is -0.119. The van der Waals surface area contributed by atoms with E-state index in [1.54, 1.807) is 12.1 Å². The van der Waals surface area contributed by atoms with Crippen molar-refractivity contribution in [3.8, 4) is 0 Å². The number of amides is 1. The topological polar surface area (TPSA) is 49.4 Å². The van der Waals surface area contributed by atoms with E-state index < -0.39 is 0 Å². The number of hydrogen-bond donors (Lipinski definition) is 1. The van der Waals surface area contributed by atoms with Crippen molar-refractivity contribution in [1.82, 2.24) is 5.32 Å². The van der Waals surface area contributed by atoms with E-state index in [0.717, 1.165) is 23.0 Å². The third-order valence-electron chi connectivity index (χ3n) is 2.54. The molecule has 1 aromatic carbocycles. The molecule has 0 spiro atoms. The van der Waals surface area contributed by atoms with Gasteiger partial charge in [0.25, 0.3) is 0 Å². The predicted molar refractivity (Wildman–Crippen MR) is 76.1 cm³/mol. The highest BCUT2D eigenvalue weighted by Gasteiger charge is 2.12. The summed E-state index contributed by atoms with van der Waals surface area (Å²) in [5.74, 6) is -0.00860. The van der Waals surface area contributed by atoms with E-state index in [-0.39, 0.29) is 5.91 Å². The van der Waals surface area contributed by atoms with Crippen LogP contribution in [0.4, 0.5) is 5.69 Å². The van der Waals surface area contributed by atoms with Crippen molar-refractivity contribution in [2.24, 2.45) is 0 Å². The molecule has 4 nitrogen and oxygen atoms in total. The molecular formula is C13H17BrN2O2. The Hall–Kier alpha value is -1.36. The van der Waals surface area contributed by atoms with Gasteiger partial charge >= 0.3 is 0 Å². The van der Waals surface area contributed by atoms with Crippen molar-refractivity contribution >= 4 is 33.8 Å². The van der Waals surface area contributed by atoms with Crippen LogP contribution in [0.15, 0.2) is 22.7 Å². The van der Waals surface area contributed by atoms with E-state index in [9.17, 15) is 9.59 Å². The molecule has 1 amide bonds. The van der Waals surface area contributed by atoms with Crippen LogP contribution in [-0.4, -0.2) is 31.8 Å². The molecule has 1 aromatic rings. The minimum absolute atomic E-state index is 0.00860. The van der Waals surface area contributed by atoms with E-state index in [0.29, 0.717) is 18.7 Å². The van der Waals surface area contributed by atoms with E-state index >= 15 is 0 Å². The molecule has 0 aliphatic heterocycles. The summed E-state index contributed by atoms with van der Waals surface area (Å²) in [6.45, 7) is 5.53. The number of benzene rings is 1. The summed E-state index contributed by atoms with van der Waals surface area (Å²) in [6.07, 6.45) is 0.800. The second-order valence-corrected chi connectivity index (χ2v) is 4.65. The Kier molecular flexibility index (Phi) is 5.85. The van der Waals surface area contributed by atoms with Gasteiger partial charge in [0.1, 0.15) is 6.29 Å². The summed E-state index contributed by atoms with van der Waals surface area (Å²) in [7, 11) is 0. The van der Waals surface area contributed by atoms with Crippen LogP contribution in [0, 0.1) is 0 Å². The van der Waals surface area contributed by atoms with Gasteiger partial charge in [0.15, 0.2) is 0 Å². The van der Waals surface area contributed by atoms with Gasteiger partial charge in [0, 0.05) is 23.1 Å². The van der Waals surface area contributed by atoms with E-state index in [4.69, 9.17) is 0 Å². The Morgan fingerprint density at radius 2 is 2.17 bits per heavy atom. The van der Waals surface area contributed by atoms with Gasteiger partial charge in [-0.25, -0.2) is 0 Å². The average Bonchev–Trinajstić information content (AvgIpc) is 2.36. The molecule has 0 bridgehead atoms. The van der Waals surface area contributed by atoms with Crippen LogP contribution in [0.5, 0.6) is 0 Å². The average molecular weight is 313 g/mol. The highest BCUT2D eigenvalue weighted by atomic mass is 79.9. The van der Waals surface area contributed by atoms with Gasteiger partial charge in [-0.3, -0.25) is 9.59 Å². The van der Waals surface area contributed by atoms with E-state index in [1.165, 1.54) is 0 Å². The SMILES string of the molecule is CCNC(=O)CN(CC)c1ccc(C=O)cc1Br. The van der Waals surface area contributed by atoms with Gasteiger partial charge in [0.05, 0.1) is 12.2 Å². The molecule has 0 aliphatic carbocycles. The minimum Gasteiger partial charge on any atom is -0.362 e. The third-order valence-corrected chi connectivity index (χ3v) is 3.17. The second-order valence-electron chi connectivity index (χ2n) is 3.80. The standard InChI is InChI=1S/C13H17BrN2O2/c1-3-15-13(18)8-16(4-2)12-6-5-10(9-17)7-11(12)14/h5-7,9H,3-4,8H2,1-2H3,(H,15,18). The molecule has 1 rings (SSSR count). The molecule has 0 atom stereocenters. The summed E-state index contributed by atoms with van der Waals surface area (Å²) in [5.41, 5.74) is 1.52. The van der Waals surface area contributed by atoms with Crippen LogP contribution < -0.4 is 10.2 Å². The van der Waals surface area contributed by atoms with Crippen LogP contribution in [-0.2, 0) is 4.79 Å². The second kappa shape index (κ2) is 7.16. The molecule has 0 aromatic heterocycles. The monoisotopic (exact) mass is 312 g/mol. The minimum atomic E-state index is -0.00860. The smallest absolute Gasteiger partial charge is 0.239 e. The molecule has 0 saturated carbocycles. The van der Waals surface area contributed by atoms with Gasteiger partial charge in [-0.1, -0.05) is 0 Å². The van der Waals surface area contributed by atoms with Crippen molar-refractivity contribution in [3.05, 3.63) is 28.2 Å². The maximum Gasteiger partial charge on any atom is 0.239 e. The maximum atomic E-state index is 11.6. The van der Waals surface area contributed by atoms with Gasteiger partial charge in [-0.05, 0) is 48.0 Å². The predicted octanol–water partition coefficient (Wildman–Crippen LogP) is 2.22. The number of carbonyl (C=O) groups is 2. The zero-order chi connectivity index (χ0) is 13.5. The number of aldehydes is 1. The summed E-state index contributed by atoms with van der Waals surface area (Å²) in [5, 5.41) is 2.77. The number of anilines is 1. The van der Waals surface area contributed by atoms with Crippen molar-refractivity contribution in [3.63, 3.8) is 0 Å². The van der Waals surface area contributed by atoms with Crippen molar-refractivity contribution in [2.45, 2.75) is 13.8 Å². The zero-order valence-electron chi connectivity index (χ0n) is 10.6. The van der Waals surface area contributed by atoms with Gasteiger partial charge in [-0.2, -0.15) is 0 Å². The lowest BCUT2D eigenvalue weighted by Gasteiger charge is -2.23. The van der Waals surface area contributed by atoms with E-state index in [2.05, 4.69) is 21.2 Å². The molecular weight excluding hydrogens is 296 g/mol. The molecule has 0 saturated heterocycles. The number of rotatable bonds is 6. The van der Waals surface area contributed by atoms with Crippen LogP contribution in [0.25, 0.3) is 0 Å². The quantitative estimate of drug-likeness (QED) is 0.819. The summed E-state index contributed by atoms with van der Waals surface area (Å²) < 4.78 is 0.818. The lowest BCUT2D eigenvalue weighted by atomic mass is 10.2. The largest absolute Gasteiger partial charge is 0.362 e. The summed E-state index contributed by atoms with van der Waals surface area (Å²) in [4.78, 5) is 24.2. The number of hydrogen-bond acceptors (Lipinski definition) is 3. The molecule has 18 heavy (non-hydrogen) atoms. The Bertz CT molecular complexity index is 435. The number of likely N-dealkylation sites (N-methyl/N-ethyl adjacent to an activating group) is 2. The van der Waals surface area contributed by atoms with Crippen molar-refractivity contribution < 1.29 is 9.59 Å². The lowest BCUT2D eigenvalue weighted by Crippen LogP contribution is -2.37. The Balaban J connectivity index is 2.88. The first kappa shape index (κ1) is 14.7. The van der Waals surface area contributed by atoms with E-state index in [1.807, 2.05) is 24.8 Å². The molecule has 0 radical (unpaired) electrons. The fraction of sp³-hybridized carbons (Fsp3) is 0.385. The third kappa shape index (κ3) is 3.84. The van der Waals surface area contributed by atoms with Crippen LogP contribution in [0.1, 0.15) is 24.2 Å². The van der Waals surface area contributed by atoms with Crippen molar-refractivity contribution in [2.75, 3.05) is 24.5 Å². The van der Waals surface area contributed by atoms with Crippen LogP contribution in [0.3, 0.4) is 0 Å².